The molecule has 0 bridgehead atoms. The highest BCUT2D eigenvalue weighted by molar-refractivity contribution is 6.32. The molecule has 4 rings (SSSR count). The lowest BCUT2D eigenvalue weighted by Crippen LogP contribution is -2.18. The number of aromatic amines is 1. The van der Waals surface area contributed by atoms with Crippen molar-refractivity contribution in [2.24, 2.45) is 5.10 Å². The zero-order chi connectivity index (χ0) is 21.8. The van der Waals surface area contributed by atoms with Gasteiger partial charge in [0, 0.05) is 10.6 Å². The van der Waals surface area contributed by atoms with E-state index in [2.05, 4.69) is 25.8 Å². The van der Waals surface area contributed by atoms with Gasteiger partial charge in [-0.05, 0) is 30.7 Å². The topological polar surface area (TPSA) is 88.0 Å². The predicted octanol–water partition coefficient (Wildman–Crippen LogP) is 4.70. The van der Waals surface area contributed by atoms with Crippen LogP contribution >= 0.6 is 23.2 Å². The molecule has 7 nitrogen and oxygen atoms in total. The summed E-state index contributed by atoms with van der Waals surface area (Å²) in [7, 11) is 0. The third kappa shape index (κ3) is 4.84. The van der Waals surface area contributed by atoms with E-state index in [1.165, 1.54) is 6.21 Å². The summed E-state index contributed by atoms with van der Waals surface area (Å²) in [6.07, 6.45) is 1.48. The van der Waals surface area contributed by atoms with Crippen molar-refractivity contribution in [3.05, 3.63) is 93.4 Å². The molecule has 0 saturated heterocycles. The molecule has 2 heterocycles. The van der Waals surface area contributed by atoms with Crippen LogP contribution in [0.2, 0.25) is 10.2 Å². The van der Waals surface area contributed by atoms with E-state index in [4.69, 9.17) is 23.2 Å². The smallest absolute Gasteiger partial charge is 0.272 e. The summed E-state index contributed by atoms with van der Waals surface area (Å²) in [5.41, 5.74) is 6.72. The first-order valence-corrected chi connectivity index (χ1v) is 10.2. The minimum absolute atomic E-state index is 0.303. The second-order valence-electron chi connectivity index (χ2n) is 6.81. The number of carbonyl (C=O) groups is 1. The van der Waals surface area contributed by atoms with Crippen LogP contribution in [0.4, 0.5) is 0 Å². The zero-order valence-corrected chi connectivity index (χ0v) is 18.0. The highest BCUT2D eigenvalue weighted by atomic mass is 35.5. The Morgan fingerprint density at radius 2 is 1.90 bits per heavy atom. The Hall–Kier alpha value is -3.42. The van der Waals surface area contributed by atoms with Crippen LogP contribution in [0.5, 0.6) is 0 Å². The van der Waals surface area contributed by atoms with Crippen molar-refractivity contribution in [2.45, 2.75) is 13.5 Å². The fraction of sp³-hybridized carbons (Fsp3) is 0.0909. The summed E-state index contributed by atoms with van der Waals surface area (Å²) in [5, 5.41) is 16.5. The van der Waals surface area contributed by atoms with Crippen molar-refractivity contribution in [2.75, 3.05) is 0 Å². The minimum Gasteiger partial charge on any atom is -0.272 e. The third-order valence-corrected chi connectivity index (χ3v) is 5.26. The number of aryl methyl sites for hydroxylation is 1. The fourth-order valence-corrected chi connectivity index (χ4v) is 3.40. The molecule has 31 heavy (non-hydrogen) atoms. The van der Waals surface area contributed by atoms with Gasteiger partial charge in [-0.3, -0.25) is 9.89 Å². The molecule has 2 aromatic carbocycles. The van der Waals surface area contributed by atoms with Gasteiger partial charge in [0.15, 0.2) is 0 Å². The zero-order valence-electron chi connectivity index (χ0n) is 16.5. The van der Waals surface area contributed by atoms with E-state index >= 15 is 0 Å². The van der Waals surface area contributed by atoms with Crippen molar-refractivity contribution < 1.29 is 4.79 Å². The number of hydrazone groups is 1. The van der Waals surface area contributed by atoms with Gasteiger partial charge >= 0.3 is 0 Å². The summed E-state index contributed by atoms with van der Waals surface area (Å²) in [6, 6.07) is 18.7. The number of nitrogens with zero attached hydrogens (tertiary/aromatic N) is 4. The van der Waals surface area contributed by atoms with Crippen LogP contribution in [-0.2, 0) is 6.54 Å². The van der Waals surface area contributed by atoms with Gasteiger partial charge in [0.1, 0.15) is 10.8 Å². The maximum Gasteiger partial charge on any atom is 0.289 e. The third-order valence-electron chi connectivity index (χ3n) is 4.61. The Kier molecular flexibility index (Phi) is 6.16. The van der Waals surface area contributed by atoms with E-state index in [0.717, 1.165) is 11.1 Å². The monoisotopic (exact) mass is 452 g/mol. The molecule has 0 unspecified atom stereocenters. The summed E-state index contributed by atoms with van der Waals surface area (Å²) in [4.78, 5) is 12.4. The first kappa shape index (κ1) is 20.8. The number of hydrogen-bond donors (Lipinski definition) is 2. The molecule has 4 aromatic rings. The van der Waals surface area contributed by atoms with Crippen LogP contribution in [0.25, 0.3) is 11.3 Å². The number of rotatable bonds is 6. The van der Waals surface area contributed by atoms with Crippen molar-refractivity contribution >= 4 is 35.3 Å². The number of carbonyl (C=O) groups excluding carboxylic acids is 1. The fourth-order valence-electron chi connectivity index (χ4n) is 2.99. The lowest BCUT2D eigenvalue weighted by molar-refractivity contribution is 0.0950. The summed E-state index contributed by atoms with van der Waals surface area (Å²) in [6.45, 7) is 2.32. The molecule has 2 aromatic heterocycles. The average Bonchev–Trinajstić information content (AvgIpc) is 3.37. The molecule has 0 aliphatic rings. The lowest BCUT2D eigenvalue weighted by Gasteiger charge is -2.03. The van der Waals surface area contributed by atoms with E-state index in [9.17, 15) is 4.79 Å². The largest absolute Gasteiger partial charge is 0.289 e. The standard InChI is InChI=1S/C22H18Cl2N6O/c1-14-18(21(24)30(29-14)13-15-7-9-17(23)10-8-15)12-25-28-22(31)20-11-19(26-27-20)16-5-3-2-4-6-16/h2-12H,13H2,1H3,(H,26,27)(H,28,31)/b25-12+. The van der Waals surface area contributed by atoms with E-state index in [1.807, 2.05) is 61.5 Å². The minimum atomic E-state index is -0.409. The molecule has 1 amide bonds. The quantitative estimate of drug-likeness (QED) is 0.328. The van der Waals surface area contributed by atoms with E-state index in [-0.39, 0.29) is 0 Å². The van der Waals surface area contributed by atoms with Crippen LogP contribution < -0.4 is 5.43 Å². The van der Waals surface area contributed by atoms with Gasteiger partial charge in [0.2, 0.25) is 0 Å². The molecule has 0 radical (unpaired) electrons. The molecule has 0 spiro atoms. The van der Waals surface area contributed by atoms with Gasteiger partial charge < -0.3 is 0 Å². The molecule has 0 aliphatic carbocycles. The number of benzene rings is 2. The molecular weight excluding hydrogens is 435 g/mol. The van der Waals surface area contributed by atoms with Gasteiger partial charge in [-0.15, -0.1) is 0 Å². The summed E-state index contributed by atoms with van der Waals surface area (Å²) >= 11 is 12.4. The average molecular weight is 453 g/mol. The molecule has 2 N–H and O–H groups in total. The van der Waals surface area contributed by atoms with Crippen LogP contribution in [0.15, 0.2) is 65.8 Å². The van der Waals surface area contributed by atoms with Crippen LogP contribution in [0, 0.1) is 6.92 Å². The second-order valence-corrected chi connectivity index (χ2v) is 7.60. The molecule has 156 valence electrons. The molecule has 9 heteroatoms. The van der Waals surface area contributed by atoms with Crippen molar-refractivity contribution in [1.29, 1.82) is 0 Å². The predicted molar refractivity (Wildman–Crippen MR) is 122 cm³/mol. The Morgan fingerprint density at radius 1 is 1.16 bits per heavy atom. The van der Waals surface area contributed by atoms with Crippen LogP contribution in [-0.4, -0.2) is 32.1 Å². The number of amides is 1. The summed E-state index contributed by atoms with van der Waals surface area (Å²) < 4.78 is 1.67. The molecule has 0 atom stereocenters. The SMILES string of the molecule is Cc1nn(Cc2ccc(Cl)cc2)c(Cl)c1/C=N/NC(=O)c1cc(-c2ccccc2)n[nH]1. The molecule has 0 aliphatic heterocycles. The van der Waals surface area contributed by atoms with E-state index in [0.29, 0.717) is 39.4 Å². The first-order chi connectivity index (χ1) is 15.0. The second kappa shape index (κ2) is 9.16. The lowest BCUT2D eigenvalue weighted by atomic mass is 10.1. The molecule has 0 fully saturated rings. The number of hydrogen-bond acceptors (Lipinski definition) is 4. The first-order valence-electron chi connectivity index (χ1n) is 9.43. The highest BCUT2D eigenvalue weighted by Crippen LogP contribution is 2.20. The Bertz CT molecular complexity index is 1230. The van der Waals surface area contributed by atoms with Gasteiger partial charge in [0.05, 0.1) is 29.7 Å². The number of nitrogens with one attached hydrogen (secondary N) is 2. The van der Waals surface area contributed by atoms with Gasteiger partial charge in [-0.2, -0.15) is 15.3 Å². The van der Waals surface area contributed by atoms with E-state index in [1.54, 1.807) is 10.7 Å². The molecule has 0 saturated carbocycles. The van der Waals surface area contributed by atoms with Crippen LogP contribution in [0.1, 0.15) is 27.3 Å². The highest BCUT2D eigenvalue weighted by Gasteiger charge is 2.13. The number of halogens is 2. The summed E-state index contributed by atoms with van der Waals surface area (Å²) in [5.74, 6) is -0.409. The Balaban J connectivity index is 1.43. The Morgan fingerprint density at radius 3 is 2.65 bits per heavy atom. The van der Waals surface area contributed by atoms with Crippen molar-refractivity contribution in [3.63, 3.8) is 0 Å². The normalized spacial score (nSPS) is 11.2. The maximum absolute atomic E-state index is 12.4. The number of H-pyrrole nitrogens is 1. The van der Waals surface area contributed by atoms with Gasteiger partial charge in [-0.1, -0.05) is 65.7 Å². The van der Waals surface area contributed by atoms with Crippen LogP contribution in [0.3, 0.4) is 0 Å². The maximum atomic E-state index is 12.4. The Labute approximate surface area is 188 Å². The van der Waals surface area contributed by atoms with Gasteiger partial charge in [0.25, 0.3) is 5.91 Å². The van der Waals surface area contributed by atoms with Gasteiger partial charge in [-0.25, -0.2) is 10.1 Å². The molecular formula is C22H18Cl2N6O. The number of aromatic nitrogens is 4. The van der Waals surface area contributed by atoms with E-state index < -0.39 is 5.91 Å². The van der Waals surface area contributed by atoms with Crippen molar-refractivity contribution in [3.8, 4) is 11.3 Å². The van der Waals surface area contributed by atoms with Crippen molar-refractivity contribution in [1.82, 2.24) is 25.4 Å².